The Morgan fingerprint density at radius 2 is 1.96 bits per heavy atom. The van der Waals surface area contributed by atoms with Crippen LogP contribution in [0.4, 0.5) is 0 Å². The first-order chi connectivity index (χ1) is 12.5. The van der Waals surface area contributed by atoms with Gasteiger partial charge < -0.3 is 5.32 Å². The number of nitrogens with zero attached hydrogens (tertiary/aromatic N) is 3. The molecule has 3 rings (SSSR count). The van der Waals surface area contributed by atoms with Crippen molar-refractivity contribution in [2.24, 2.45) is 0 Å². The minimum absolute atomic E-state index is 0.113. The molecule has 0 radical (unpaired) electrons. The van der Waals surface area contributed by atoms with Gasteiger partial charge in [0.25, 0.3) is 5.91 Å². The van der Waals surface area contributed by atoms with Gasteiger partial charge in [0, 0.05) is 10.7 Å². The van der Waals surface area contributed by atoms with Crippen molar-refractivity contribution in [3.8, 4) is 5.82 Å². The maximum Gasteiger partial charge on any atom is 0.255 e. The number of amides is 1. The van der Waals surface area contributed by atoms with E-state index in [1.54, 1.807) is 17.1 Å². The van der Waals surface area contributed by atoms with Gasteiger partial charge in [0.2, 0.25) is 0 Å². The zero-order chi connectivity index (χ0) is 18.7. The minimum Gasteiger partial charge on any atom is -0.345 e. The standard InChI is InChI=1S/C20H21BrN4O/c1-13(2)19-17(12-23-25(19)18-9-4-5-10-22-18)20(26)24-14(3)15-7-6-8-16(21)11-15/h4-14H,1-3H3,(H,24,26). The van der Waals surface area contributed by atoms with E-state index in [2.05, 4.69) is 31.3 Å². The van der Waals surface area contributed by atoms with Crippen molar-refractivity contribution in [3.05, 3.63) is 76.2 Å². The third kappa shape index (κ3) is 3.85. The molecule has 0 aliphatic rings. The highest BCUT2D eigenvalue weighted by Gasteiger charge is 2.22. The zero-order valence-electron chi connectivity index (χ0n) is 15.0. The van der Waals surface area contributed by atoms with Crippen molar-refractivity contribution in [3.63, 3.8) is 0 Å². The van der Waals surface area contributed by atoms with E-state index < -0.39 is 0 Å². The van der Waals surface area contributed by atoms with Crippen molar-refractivity contribution in [2.45, 2.75) is 32.7 Å². The maximum atomic E-state index is 12.9. The third-order valence-corrected chi connectivity index (χ3v) is 4.65. The minimum atomic E-state index is -0.136. The van der Waals surface area contributed by atoms with Crippen LogP contribution in [0.5, 0.6) is 0 Å². The molecule has 0 saturated carbocycles. The molecular formula is C20H21BrN4O. The Hall–Kier alpha value is -2.47. The second kappa shape index (κ2) is 7.83. The van der Waals surface area contributed by atoms with E-state index in [1.807, 2.05) is 63.2 Å². The van der Waals surface area contributed by atoms with E-state index >= 15 is 0 Å². The topological polar surface area (TPSA) is 59.8 Å². The Morgan fingerprint density at radius 3 is 2.62 bits per heavy atom. The van der Waals surface area contributed by atoms with Crippen molar-refractivity contribution in [1.29, 1.82) is 0 Å². The monoisotopic (exact) mass is 412 g/mol. The first kappa shape index (κ1) is 18.3. The summed E-state index contributed by atoms with van der Waals surface area (Å²) in [7, 11) is 0. The summed E-state index contributed by atoms with van der Waals surface area (Å²) in [5.74, 6) is 0.695. The first-order valence-corrected chi connectivity index (χ1v) is 9.32. The van der Waals surface area contributed by atoms with Gasteiger partial charge >= 0.3 is 0 Å². The number of carbonyl (C=O) groups is 1. The van der Waals surface area contributed by atoms with Crippen LogP contribution in [0.25, 0.3) is 5.82 Å². The summed E-state index contributed by atoms with van der Waals surface area (Å²) >= 11 is 3.47. The SMILES string of the molecule is CC(C)c1c(C(=O)NC(C)c2cccc(Br)c2)cnn1-c1ccccn1. The predicted octanol–water partition coefficient (Wildman–Crippen LogP) is 4.64. The van der Waals surface area contributed by atoms with Crippen LogP contribution < -0.4 is 5.32 Å². The number of benzene rings is 1. The quantitative estimate of drug-likeness (QED) is 0.663. The lowest BCUT2D eigenvalue weighted by Crippen LogP contribution is -2.27. The van der Waals surface area contributed by atoms with E-state index in [4.69, 9.17) is 0 Å². The van der Waals surface area contributed by atoms with Crippen LogP contribution in [0.2, 0.25) is 0 Å². The number of rotatable bonds is 5. The predicted molar refractivity (Wildman–Crippen MR) is 105 cm³/mol. The molecule has 2 aromatic heterocycles. The lowest BCUT2D eigenvalue weighted by Gasteiger charge is -2.16. The van der Waals surface area contributed by atoms with Gasteiger partial charge in [0.05, 0.1) is 23.5 Å². The van der Waals surface area contributed by atoms with Crippen molar-refractivity contribution in [1.82, 2.24) is 20.1 Å². The third-order valence-electron chi connectivity index (χ3n) is 4.16. The lowest BCUT2D eigenvalue weighted by molar-refractivity contribution is 0.0938. The molecule has 0 fully saturated rings. The molecule has 0 bridgehead atoms. The maximum absolute atomic E-state index is 12.9. The average molecular weight is 413 g/mol. The van der Waals surface area contributed by atoms with Crippen molar-refractivity contribution >= 4 is 21.8 Å². The molecule has 1 amide bonds. The molecule has 1 N–H and O–H groups in total. The van der Waals surface area contributed by atoms with Gasteiger partial charge in [-0.25, -0.2) is 9.67 Å². The Labute approximate surface area is 161 Å². The molecule has 0 aliphatic carbocycles. The molecule has 6 heteroatoms. The van der Waals surface area contributed by atoms with Gasteiger partial charge in [0.15, 0.2) is 5.82 Å². The Morgan fingerprint density at radius 1 is 1.15 bits per heavy atom. The van der Waals surface area contributed by atoms with E-state index in [0.29, 0.717) is 11.4 Å². The summed E-state index contributed by atoms with van der Waals surface area (Å²) in [6.45, 7) is 6.06. The Bertz CT molecular complexity index is 905. The van der Waals surface area contributed by atoms with Gasteiger partial charge in [-0.1, -0.05) is 48.0 Å². The number of carbonyl (C=O) groups excluding carboxylic acids is 1. The number of nitrogens with one attached hydrogen (secondary N) is 1. The van der Waals surface area contributed by atoms with E-state index in [-0.39, 0.29) is 17.9 Å². The lowest BCUT2D eigenvalue weighted by atomic mass is 10.0. The fourth-order valence-corrected chi connectivity index (χ4v) is 3.30. The molecule has 5 nitrogen and oxygen atoms in total. The van der Waals surface area contributed by atoms with Crippen LogP contribution in [0.3, 0.4) is 0 Å². The van der Waals surface area contributed by atoms with Crippen LogP contribution in [0.1, 0.15) is 54.3 Å². The molecule has 26 heavy (non-hydrogen) atoms. The van der Waals surface area contributed by atoms with Crippen LogP contribution >= 0.6 is 15.9 Å². The normalized spacial score (nSPS) is 12.2. The fraction of sp³-hybridized carbons (Fsp3) is 0.250. The molecule has 0 saturated heterocycles. The van der Waals surface area contributed by atoms with Crippen LogP contribution in [-0.4, -0.2) is 20.7 Å². The Kier molecular flexibility index (Phi) is 5.52. The summed E-state index contributed by atoms with van der Waals surface area (Å²) in [5, 5.41) is 7.47. The summed E-state index contributed by atoms with van der Waals surface area (Å²) in [6, 6.07) is 13.5. The summed E-state index contributed by atoms with van der Waals surface area (Å²) in [6.07, 6.45) is 3.34. The van der Waals surface area contributed by atoms with Gasteiger partial charge in [-0.15, -0.1) is 0 Å². The molecule has 0 aliphatic heterocycles. The summed E-state index contributed by atoms with van der Waals surface area (Å²) < 4.78 is 2.73. The molecule has 2 heterocycles. The van der Waals surface area contributed by atoms with Gasteiger partial charge in [-0.3, -0.25) is 4.79 Å². The van der Waals surface area contributed by atoms with E-state index in [1.165, 1.54) is 0 Å². The smallest absolute Gasteiger partial charge is 0.255 e. The zero-order valence-corrected chi connectivity index (χ0v) is 16.6. The number of pyridine rings is 1. The number of hydrogen-bond acceptors (Lipinski definition) is 3. The van der Waals surface area contributed by atoms with Crippen molar-refractivity contribution in [2.75, 3.05) is 0 Å². The van der Waals surface area contributed by atoms with Crippen LogP contribution in [0.15, 0.2) is 59.3 Å². The number of aromatic nitrogens is 3. The highest BCUT2D eigenvalue weighted by molar-refractivity contribution is 9.10. The Balaban J connectivity index is 1.89. The number of hydrogen-bond donors (Lipinski definition) is 1. The second-order valence-corrected chi connectivity index (χ2v) is 7.36. The highest BCUT2D eigenvalue weighted by atomic mass is 79.9. The van der Waals surface area contributed by atoms with Crippen molar-refractivity contribution < 1.29 is 4.79 Å². The average Bonchev–Trinajstić information content (AvgIpc) is 3.08. The summed E-state index contributed by atoms with van der Waals surface area (Å²) in [4.78, 5) is 17.2. The number of halogens is 1. The summed E-state index contributed by atoms with van der Waals surface area (Å²) in [5.41, 5.74) is 2.46. The molecule has 1 unspecified atom stereocenters. The fourth-order valence-electron chi connectivity index (χ4n) is 2.88. The first-order valence-electron chi connectivity index (χ1n) is 8.53. The molecule has 3 aromatic rings. The molecule has 1 atom stereocenters. The van der Waals surface area contributed by atoms with Gasteiger partial charge in [-0.05, 0) is 42.7 Å². The van der Waals surface area contributed by atoms with Crippen LogP contribution in [-0.2, 0) is 0 Å². The molecule has 1 aromatic carbocycles. The molecule has 0 spiro atoms. The van der Waals surface area contributed by atoms with Gasteiger partial charge in [-0.2, -0.15) is 5.10 Å². The van der Waals surface area contributed by atoms with E-state index in [0.717, 1.165) is 15.7 Å². The molecular weight excluding hydrogens is 392 g/mol. The highest BCUT2D eigenvalue weighted by Crippen LogP contribution is 2.24. The van der Waals surface area contributed by atoms with Crippen LogP contribution in [0, 0.1) is 0 Å². The van der Waals surface area contributed by atoms with E-state index in [9.17, 15) is 4.79 Å². The van der Waals surface area contributed by atoms with Gasteiger partial charge in [0.1, 0.15) is 0 Å². The largest absolute Gasteiger partial charge is 0.345 e. The second-order valence-electron chi connectivity index (χ2n) is 6.45. The molecule has 134 valence electrons.